The summed E-state index contributed by atoms with van der Waals surface area (Å²) in [7, 11) is 0. The molecule has 1 saturated heterocycles. The summed E-state index contributed by atoms with van der Waals surface area (Å²) in [5.41, 5.74) is 1.05. The number of piperidine rings is 1. The van der Waals surface area contributed by atoms with Gasteiger partial charge in [0.15, 0.2) is 0 Å². The zero-order valence-electron chi connectivity index (χ0n) is 13.8. The number of rotatable bonds is 4. The topological polar surface area (TPSA) is 69.2 Å². The van der Waals surface area contributed by atoms with Gasteiger partial charge in [-0.2, -0.15) is 5.10 Å². The number of halogens is 1. The monoisotopic (exact) mass is 331 g/mol. The number of nitrogens with zero attached hydrogens (tertiary/aromatic N) is 2. The van der Waals surface area contributed by atoms with Crippen LogP contribution in [0.4, 0.5) is 4.39 Å². The maximum Gasteiger partial charge on any atom is 0.257 e. The number of aliphatic hydroxyl groups is 1. The summed E-state index contributed by atoms with van der Waals surface area (Å²) >= 11 is 0. The van der Waals surface area contributed by atoms with Crippen LogP contribution in [-0.2, 0) is 0 Å². The number of aromatic amines is 1. The SMILES string of the molecule is CCC1(CO)CCN(C(=O)c2cn[nH]c2-c2ccccc2F)CC1. The van der Waals surface area contributed by atoms with E-state index in [9.17, 15) is 14.3 Å². The van der Waals surface area contributed by atoms with Crippen molar-refractivity contribution < 1.29 is 14.3 Å². The summed E-state index contributed by atoms with van der Waals surface area (Å²) < 4.78 is 14.0. The second-order valence-corrected chi connectivity index (χ2v) is 6.44. The van der Waals surface area contributed by atoms with Gasteiger partial charge in [-0.3, -0.25) is 9.89 Å². The van der Waals surface area contributed by atoms with Crippen molar-refractivity contribution in [3.8, 4) is 11.3 Å². The molecule has 6 heteroatoms. The molecule has 0 saturated carbocycles. The van der Waals surface area contributed by atoms with Crippen molar-refractivity contribution >= 4 is 5.91 Å². The van der Waals surface area contributed by atoms with Crippen molar-refractivity contribution in [2.24, 2.45) is 5.41 Å². The van der Waals surface area contributed by atoms with E-state index in [1.165, 1.54) is 12.3 Å². The van der Waals surface area contributed by atoms with Crippen LogP contribution in [0.15, 0.2) is 30.5 Å². The van der Waals surface area contributed by atoms with Crippen molar-refractivity contribution in [2.45, 2.75) is 26.2 Å². The van der Waals surface area contributed by atoms with Gasteiger partial charge in [0, 0.05) is 25.3 Å². The fraction of sp³-hybridized carbons (Fsp3) is 0.444. The van der Waals surface area contributed by atoms with Crippen LogP contribution in [0, 0.1) is 11.2 Å². The Morgan fingerprint density at radius 2 is 2.08 bits per heavy atom. The highest BCUT2D eigenvalue weighted by Gasteiger charge is 2.35. The molecule has 0 spiro atoms. The second kappa shape index (κ2) is 6.73. The van der Waals surface area contributed by atoms with Crippen LogP contribution in [-0.4, -0.2) is 45.8 Å². The zero-order chi connectivity index (χ0) is 17.2. The standard InChI is InChI=1S/C18H22FN3O2/c1-2-18(12-23)7-9-22(10-8-18)17(24)14-11-20-21-16(14)13-5-3-4-6-15(13)19/h3-6,11,23H,2,7-10,12H2,1H3,(H,20,21). The normalized spacial score (nSPS) is 17.0. The average molecular weight is 331 g/mol. The Morgan fingerprint density at radius 3 is 2.71 bits per heavy atom. The number of aliphatic hydroxyl groups excluding tert-OH is 1. The first-order chi connectivity index (χ1) is 11.6. The molecule has 0 aliphatic carbocycles. The molecule has 1 fully saturated rings. The lowest BCUT2D eigenvalue weighted by molar-refractivity contribution is 0.0338. The number of aromatic nitrogens is 2. The molecule has 1 amide bonds. The smallest absolute Gasteiger partial charge is 0.257 e. The molecule has 1 aliphatic heterocycles. The van der Waals surface area contributed by atoms with Gasteiger partial charge in [0.1, 0.15) is 5.82 Å². The summed E-state index contributed by atoms with van der Waals surface area (Å²) in [5, 5.41) is 16.3. The number of hydrogen-bond acceptors (Lipinski definition) is 3. The van der Waals surface area contributed by atoms with E-state index in [0.717, 1.165) is 19.3 Å². The summed E-state index contributed by atoms with van der Waals surface area (Å²) in [5.74, 6) is -0.538. The zero-order valence-corrected chi connectivity index (χ0v) is 13.8. The molecule has 1 aromatic heterocycles. The van der Waals surface area contributed by atoms with Crippen LogP contribution in [0.2, 0.25) is 0 Å². The Labute approximate surface area is 140 Å². The molecule has 128 valence electrons. The molecule has 2 N–H and O–H groups in total. The van der Waals surface area contributed by atoms with E-state index in [0.29, 0.717) is 29.9 Å². The maximum absolute atomic E-state index is 14.0. The molecule has 2 aromatic rings. The Morgan fingerprint density at radius 1 is 1.38 bits per heavy atom. The van der Waals surface area contributed by atoms with Crippen LogP contribution in [0.1, 0.15) is 36.5 Å². The number of carbonyl (C=O) groups excluding carboxylic acids is 1. The molecule has 1 aromatic carbocycles. The number of hydrogen-bond donors (Lipinski definition) is 2. The Hall–Kier alpha value is -2.21. The third kappa shape index (κ3) is 2.94. The summed E-state index contributed by atoms with van der Waals surface area (Å²) in [6.45, 7) is 3.40. The molecule has 0 atom stereocenters. The van der Waals surface area contributed by atoms with E-state index < -0.39 is 0 Å². The minimum absolute atomic E-state index is 0.0818. The average Bonchev–Trinajstić information content (AvgIpc) is 3.11. The van der Waals surface area contributed by atoms with Crippen molar-refractivity contribution in [3.63, 3.8) is 0 Å². The van der Waals surface area contributed by atoms with Gasteiger partial charge in [-0.05, 0) is 36.8 Å². The highest BCUT2D eigenvalue weighted by molar-refractivity contribution is 5.99. The number of amides is 1. The van der Waals surface area contributed by atoms with Gasteiger partial charge in [-0.1, -0.05) is 19.1 Å². The quantitative estimate of drug-likeness (QED) is 0.905. The van der Waals surface area contributed by atoms with Crippen molar-refractivity contribution in [1.29, 1.82) is 0 Å². The van der Waals surface area contributed by atoms with E-state index in [-0.39, 0.29) is 23.7 Å². The molecule has 2 heterocycles. The molecule has 24 heavy (non-hydrogen) atoms. The highest BCUT2D eigenvalue weighted by Crippen LogP contribution is 2.35. The summed E-state index contributed by atoms with van der Waals surface area (Å²) in [6, 6.07) is 6.33. The lowest BCUT2D eigenvalue weighted by atomic mass is 9.77. The van der Waals surface area contributed by atoms with Gasteiger partial charge >= 0.3 is 0 Å². The third-order valence-corrected chi connectivity index (χ3v) is 5.21. The molecule has 0 bridgehead atoms. The van der Waals surface area contributed by atoms with Crippen molar-refractivity contribution in [3.05, 3.63) is 41.8 Å². The molecule has 3 rings (SSSR count). The Kier molecular flexibility index (Phi) is 4.66. The predicted molar refractivity (Wildman–Crippen MR) is 88.9 cm³/mol. The van der Waals surface area contributed by atoms with Crippen molar-refractivity contribution in [1.82, 2.24) is 15.1 Å². The minimum atomic E-state index is -0.389. The fourth-order valence-corrected chi connectivity index (χ4v) is 3.30. The lowest BCUT2D eigenvalue weighted by Crippen LogP contribution is -2.44. The first kappa shape index (κ1) is 16.6. The molecular weight excluding hydrogens is 309 g/mol. The Balaban J connectivity index is 1.81. The van der Waals surface area contributed by atoms with Gasteiger partial charge in [-0.25, -0.2) is 4.39 Å². The Bertz CT molecular complexity index is 715. The van der Waals surface area contributed by atoms with Gasteiger partial charge in [0.2, 0.25) is 0 Å². The van der Waals surface area contributed by atoms with E-state index in [2.05, 4.69) is 17.1 Å². The number of nitrogens with one attached hydrogen (secondary N) is 1. The van der Waals surface area contributed by atoms with Crippen LogP contribution in [0.5, 0.6) is 0 Å². The molecule has 5 nitrogen and oxygen atoms in total. The minimum Gasteiger partial charge on any atom is -0.396 e. The first-order valence-electron chi connectivity index (χ1n) is 8.28. The third-order valence-electron chi connectivity index (χ3n) is 5.21. The van der Waals surface area contributed by atoms with Gasteiger partial charge < -0.3 is 10.0 Å². The van der Waals surface area contributed by atoms with E-state index in [4.69, 9.17) is 0 Å². The van der Waals surface area contributed by atoms with E-state index >= 15 is 0 Å². The number of benzene rings is 1. The van der Waals surface area contributed by atoms with E-state index in [1.807, 2.05) is 0 Å². The van der Waals surface area contributed by atoms with Crippen LogP contribution >= 0.6 is 0 Å². The molecule has 1 aliphatic rings. The summed E-state index contributed by atoms with van der Waals surface area (Å²) in [6.07, 6.45) is 3.91. The molecule has 0 unspecified atom stereocenters. The van der Waals surface area contributed by atoms with Crippen LogP contribution in [0.25, 0.3) is 11.3 Å². The lowest BCUT2D eigenvalue weighted by Gasteiger charge is -2.40. The molecular formula is C18H22FN3O2. The number of likely N-dealkylation sites (tertiary alicyclic amines) is 1. The van der Waals surface area contributed by atoms with Gasteiger partial charge in [-0.15, -0.1) is 0 Å². The number of carbonyl (C=O) groups is 1. The maximum atomic E-state index is 14.0. The van der Waals surface area contributed by atoms with Crippen LogP contribution in [0.3, 0.4) is 0 Å². The van der Waals surface area contributed by atoms with Gasteiger partial charge in [0.05, 0.1) is 17.5 Å². The highest BCUT2D eigenvalue weighted by atomic mass is 19.1. The molecule has 0 radical (unpaired) electrons. The predicted octanol–water partition coefficient (Wildman–Crippen LogP) is 2.84. The van der Waals surface area contributed by atoms with Crippen LogP contribution < -0.4 is 0 Å². The van der Waals surface area contributed by atoms with Crippen molar-refractivity contribution in [2.75, 3.05) is 19.7 Å². The first-order valence-corrected chi connectivity index (χ1v) is 8.28. The van der Waals surface area contributed by atoms with Gasteiger partial charge in [0.25, 0.3) is 5.91 Å². The largest absolute Gasteiger partial charge is 0.396 e. The fourth-order valence-electron chi connectivity index (χ4n) is 3.30. The van der Waals surface area contributed by atoms with E-state index in [1.54, 1.807) is 23.1 Å². The number of H-pyrrole nitrogens is 1. The summed E-state index contributed by atoms with van der Waals surface area (Å²) in [4.78, 5) is 14.6. The second-order valence-electron chi connectivity index (χ2n) is 6.44.